The van der Waals surface area contributed by atoms with Gasteiger partial charge in [-0.05, 0) is 12.6 Å². The molecule has 78 valence electrons. The van der Waals surface area contributed by atoms with Crippen LogP contribution in [0.2, 0.25) is 0 Å². The number of nitrogens with two attached hydrogens (primary N) is 1. The first-order valence-corrected chi connectivity index (χ1v) is 3.80. The highest BCUT2D eigenvalue weighted by molar-refractivity contribution is 5.20. The fourth-order valence-corrected chi connectivity index (χ4v) is 0.927. The average molecular weight is 206 g/mol. The molecule has 0 fully saturated rings. The van der Waals surface area contributed by atoms with E-state index in [0.717, 1.165) is 12.1 Å². The van der Waals surface area contributed by atoms with Crippen molar-refractivity contribution in [3.63, 3.8) is 0 Å². The molecule has 0 aromatic carbocycles. The summed E-state index contributed by atoms with van der Waals surface area (Å²) in [6.45, 7) is -0.221. The van der Waals surface area contributed by atoms with E-state index in [0.29, 0.717) is 0 Å². The van der Waals surface area contributed by atoms with E-state index in [4.69, 9.17) is 5.73 Å². The number of hydrogen-bond donors (Lipinski definition) is 1. The fourth-order valence-electron chi connectivity index (χ4n) is 0.927. The maximum atomic E-state index is 13.0. The lowest BCUT2D eigenvalue weighted by atomic mass is 10.2. The van der Waals surface area contributed by atoms with Crippen LogP contribution in [0.15, 0.2) is 16.5 Å². The van der Waals surface area contributed by atoms with Crippen LogP contribution in [-0.2, 0) is 5.92 Å². The molecule has 1 aromatic heterocycles. The number of alkyl halides is 2. The largest absolute Gasteiger partial charge is 0.433 e. The van der Waals surface area contributed by atoms with Gasteiger partial charge >= 0.3 is 11.8 Å². The Balaban J connectivity index is 2.90. The molecule has 0 aliphatic heterocycles. The van der Waals surface area contributed by atoms with Gasteiger partial charge in [-0.15, -0.1) is 0 Å². The number of hydrogen-bond acceptors (Lipinski definition) is 4. The molecule has 5 nitrogen and oxygen atoms in total. The number of nitrogens with zero attached hydrogens (tertiary/aromatic N) is 1. The van der Waals surface area contributed by atoms with Crippen molar-refractivity contribution in [2.45, 2.75) is 12.3 Å². The van der Waals surface area contributed by atoms with Crippen LogP contribution in [0, 0.1) is 10.1 Å². The van der Waals surface area contributed by atoms with Gasteiger partial charge in [0.2, 0.25) is 0 Å². The maximum Gasteiger partial charge on any atom is 0.433 e. The maximum absolute atomic E-state index is 13.0. The van der Waals surface area contributed by atoms with E-state index in [2.05, 4.69) is 4.42 Å². The number of nitro groups is 1. The Kier molecular flexibility index (Phi) is 2.80. The SMILES string of the molecule is NCCC(F)(F)c1ccc([N+](=O)[O-])o1. The second-order valence-corrected chi connectivity index (χ2v) is 2.64. The molecule has 1 aromatic rings. The van der Waals surface area contributed by atoms with E-state index >= 15 is 0 Å². The Morgan fingerprint density at radius 2 is 2.21 bits per heavy atom. The molecule has 1 rings (SSSR count). The highest BCUT2D eigenvalue weighted by Crippen LogP contribution is 2.33. The Hall–Kier alpha value is -1.50. The lowest BCUT2D eigenvalue weighted by molar-refractivity contribution is -0.403. The number of rotatable bonds is 4. The van der Waals surface area contributed by atoms with Gasteiger partial charge in [0.15, 0.2) is 5.76 Å². The smallest absolute Gasteiger partial charge is 0.399 e. The third kappa shape index (κ3) is 2.05. The monoisotopic (exact) mass is 206 g/mol. The minimum absolute atomic E-state index is 0.221. The number of furan rings is 1. The summed E-state index contributed by atoms with van der Waals surface area (Å²) >= 11 is 0. The summed E-state index contributed by atoms with van der Waals surface area (Å²) in [5.74, 6) is -4.67. The van der Waals surface area contributed by atoms with Gasteiger partial charge in [-0.1, -0.05) is 0 Å². The van der Waals surface area contributed by atoms with Crippen LogP contribution in [0.5, 0.6) is 0 Å². The molecular weight excluding hydrogens is 198 g/mol. The van der Waals surface area contributed by atoms with Crippen LogP contribution < -0.4 is 5.73 Å². The van der Waals surface area contributed by atoms with E-state index in [9.17, 15) is 18.9 Å². The molecule has 0 radical (unpaired) electrons. The summed E-state index contributed by atoms with van der Waals surface area (Å²) in [5, 5.41) is 10.1. The van der Waals surface area contributed by atoms with Crippen LogP contribution in [0.25, 0.3) is 0 Å². The molecule has 0 saturated carbocycles. The van der Waals surface area contributed by atoms with Gasteiger partial charge in [-0.25, -0.2) is 0 Å². The highest BCUT2D eigenvalue weighted by atomic mass is 19.3. The summed E-state index contributed by atoms with van der Waals surface area (Å²) in [6, 6.07) is 1.77. The van der Waals surface area contributed by atoms with Crippen molar-refractivity contribution >= 4 is 5.88 Å². The molecule has 1 heterocycles. The van der Waals surface area contributed by atoms with Crippen molar-refractivity contribution in [2.75, 3.05) is 6.54 Å². The number of halogens is 2. The molecule has 0 spiro atoms. The molecule has 2 N–H and O–H groups in total. The molecule has 7 heteroatoms. The first-order chi connectivity index (χ1) is 6.47. The summed E-state index contributed by atoms with van der Waals surface area (Å²) in [5.41, 5.74) is 4.96. The lowest BCUT2D eigenvalue weighted by Crippen LogP contribution is -2.17. The third-order valence-electron chi connectivity index (χ3n) is 1.59. The minimum atomic E-state index is -3.25. The molecule has 0 aliphatic rings. The fraction of sp³-hybridized carbons (Fsp3) is 0.429. The van der Waals surface area contributed by atoms with Crippen LogP contribution in [-0.4, -0.2) is 11.5 Å². The minimum Gasteiger partial charge on any atom is -0.399 e. The van der Waals surface area contributed by atoms with Gasteiger partial charge in [0.05, 0.1) is 6.07 Å². The topological polar surface area (TPSA) is 82.3 Å². The molecule has 0 amide bonds. The van der Waals surface area contributed by atoms with E-state index in [1.165, 1.54) is 0 Å². The van der Waals surface area contributed by atoms with E-state index in [1.807, 2.05) is 0 Å². The zero-order valence-corrected chi connectivity index (χ0v) is 7.07. The Morgan fingerprint density at radius 3 is 2.64 bits per heavy atom. The normalized spacial score (nSPS) is 11.6. The Labute approximate surface area is 77.6 Å². The van der Waals surface area contributed by atoms with Gasteiger partial charge in [0.25, 0.3) is 0 Å². The second kappa shape index (κ2) is 3.70. The summed E-state index contributed by atoms with van der Waals surface area (Å²) < 4.78 is 30.4. The first kappa shape index (κ1) is 10.6. The summed E-state index contributed by atoms with van der Waals surface area (Å²) in [4.78, 5) is 9.27. The van der Waals surface area contributed by atoms with Crippen molar-refractivity contribution < 1.29 is 18.1 Å². The molecular formula is C7H8F2N2O3. The van der Waals surface area contributed by atoms with Crippen molar-refractivity contribution in [3.05, 3.63) is 28.0 Å². The quantitative estimate of drug-likeness (QED) is 0.599. The van der Waals surface area contributed by atoms with Gasteiger partial charge in [-0.2, -0.15) is 8.78 Å². The standard InChI is InChI=1S/C7H8F2N2O3/c8-7(9,3-4-10)5-1-2-6(14-5)11(12)13/h1-2H,3-4,10H2. The van der Waals surface area contributed by atoms with E-state index < -0.39 is 28.9 Å². The third-order valence-corrected chi connectivity index (χ3v) is 1.59. The van der Waals surface area contributed by atoms with Crippen LogP contribution in [0.3, 0.4) is 0 Å². The van der Waals surface area contributed by atoms with Gasteiger partial charge in [0, 0.05) is 6.42 Å². The Morgan fingerprint density at radius 1 is 1.57 bits per heavy atom. The van der Waals surface area contributed by atoms with E-state index in [1.54, 1.807) is 0 Å². The molecule has 0 bridgehead atoms. The predicted octanol–water partition coefficient (Wildman–Crippen LogP) is 1.63. The van der Waals surface area contributed by atoms with Crippen molar-refractivity contribution in [1.82, 2.24) is 0 Å². The molecule has 0 saturated heterocycles. The van der Waals surface area contributed by atoms with E-state index in [-0.39, 0.29) is 6.54 Å². The second-order valence-electron chi connectivity index (χ2n) is 2.64. The van der Waals surface area contributed by atoms with Crippen molar-refractivity contribution in [2.24, 2.45) is 5.73 Å². The van der Waals surface area contributed by atoms with Crippen LogP contribution in [0.1, 0.15) is 12.2 Å². The first-order valence-electron chi connectivity index (χ1n) is 3.80. The van der Waals surface area contributed by atoms with Crippen molar-refractivity contribution in [1.29, 1.82) is 0 Å². The molecule has 0 unspecified atom stereocenters. The highest BCUT2D eigenvalue weighted by Gasteiger charge is 2.35. The molecule has 0 atom stereocenters. The molecule has 14 heavy (non-hydrogen) atoms. The predicted molar refractivity (Wildman–Crippen MR) is 42.9 cm³/mol. The summed E-state index contributed by atoms with van der Waals surface area (Å²) in [6.07, 6.45) is -0.600. The van der Waals surface area contributed by atoms with Crippen molar-refractivity contribution in [3.8, 4) is 0 Å². The summed E-state index contributed by atoms with van der Waals surface area (Å²) in [7, 11) is 0. The average Bonchev–Trinajstić information content (AvgIpc) is 2.51. The Bertz CT molecular complexity index is 337. The molecule has 0 aliphatic carbocycles. The zero-order chi connectivity index (χ0) is 10.8. The lowest BCUT2D eigenvalue weighted by Gasteiger charge is -2.10. The van der Waals surface area contributed by atoms with Crippen LogP contribution >= 0.6 is 0 Å². The van der Waals surface area contributed by atoms with Gasteiger partial charge in [0.1, 0.15) is 4.92 Å². The van der Waals surface area contributed by atoms with Gasteiger partial charge in [-0.3, -0.25) is 10.1 Å². The van der Waals surface area contributed by atoms with Gasteiger partial charge < -0.3 is 10.2 Å². The van der Waals surface area contributed by atoms with Crippen LogP contribution in [0.4, 0.5) is 14.7 Å². The zero-order valence-electron chi connectivity index (χ0n) is 7.07.